The molecule has 9 heteroatoms. The highest BCUT2D eigenvalue weighted by molar-refractivity contribution is 7.89. The van der Waals surface area contributed by atoms with Gasteiger partial charge in [-0.2, -0.15) is 4.31 Å². The molecule has 2 aromatic rings. The summed E-state index contributed by atoms with van der Waals surface area (Å²) in [6.07, 6.45) is 0. The average molecular weight is 319 g/mol. The molecule has 1 saturated heterocycles. The van der Waals surface area contributed by atoms with Crippen molar-refractivity contribution >= 4 is 33.5 Å². The third-order valence-corrected chi connectivity index (χ3v) is 5.10. The predicted octanol–water partition coefficient (Wildman–Crippen LogP) is -0.128. The molecule has 0 spiro atoms. The molecule has 1 aromatic heterocycles. The minimum atomic E-state index is -3.49. The Morgan fingerprint density at radius 2 is 1.70 bits per heavy atom. The lowest BCUT2D eigenvalue weighted by Crippen LogP contribution is -2.46. The minimum Gasteiger partial charge on any atom is -0.314 e. The second kappa shape index (κ2) is 5.57. The number of rotatable bonds is 2. The molecule has 0 atom stereocenters. The number of halogens is 1. The molecular formula is C11H15ClN4O3S. The molecule has 7 nitrogen and oxygen atoms in total. The van der Waals surface area contributed by atoms with Gasteiger partial charge < -0.3 is 15.3 Å². The normalized spacial score (nSPS) is 17.0. The molecule has 1 fully saturated rings. The smallest absolute Gasteiger partial charge is 0.314 e. The van der Waals surface area contributed by atoms with Gasteiger partial charge in [0.2, 0.25) is 10.0 Å². The molecule has 0 amide bonds. The zero-order valence-electron chi connectivity index (χ0n) is 10.5. The van der Waals surface area contributed by atoms with E-state index in [2.05, 4.69) is 15.3 Å². The van der Waals surface area contributed by atoms with E-state index in [1.807, 2.05) is 0 Å². The SMILES string of the molecule is Cl.O=c1[nH]c2ccc(S(=O)(=O)N3CCNCC3)cc2[nH]1. The number of aromatic nitrogens is 2. The van der Waals surface area contributed by atoms with Crippen LogP contribution in [0.1, 0.15) is 0 Å². The fraction of sp³-hybridized carbons (Fsp3) is 0.364. The molecule has 0 aliphatic carbocycles. The van der Waals surface area contributed by atoms with Crippen molar-refractivity contribution in [2.45, 2.75) is 4.90 Å². The summed E-state index contributed by atoms with van der Waals surface area (Å²) in [5.74, 6) is 0. The Balaban J connectivity index is 0.00000147. The second-order valence-corrected chi connectivity index (χ2v) is 6.38. The number of hydrogen-bond acceptors (Lipinski definition) is 4. The third-order valence-electron chi connectivity index (χ3n) is 3.20. The number of sulfonamides is 1. The lowest BCUT2D eigenvalue weighted by atomic mass is 10.3. The Kier molecular flexibility index (Phi) is 4.19. The summed E-state index contributed by atoms with van der Waals surface area (Å²) in [6, 6.07) is 4.61. The van der Waals surface area contributed by atoms with Gasteiger partial charge in [0.15, 0.2) is 0 Å². The summed E-state index contributed by atoms with van der Waals surface area (Å²) in [5.41, 5.74) is 0.761. The summed E-state index contributed by atoms with van der Waals surface area (Å²) in [5, 5.41) is 3.11. The van der Waals surface area contributed by atoms with Crippen LogP contribution in [0.2, 0.25) is 0 Å². The second-order valence-electron chi connectivity index (χ2n) is 4.44. The summed E-state index contributed by atoms with van der Waals surface area (Å²) in [4.78, 5) is 16.5. The molecule has 1 aliphatic heterocycles. The van der Waals surface area contributed by atoms with Gasteiger partial charge in [0.1, 0.15) is 0 Å². The van der Waals surface area contributed by atoms with Crippen LogP contribution in [0.5, 0.6) is 0 Å². The maximum atomic E-state index is 12.4. The van der Waals surface area contributed by atoms with Crippen LogP contribution in [0, 0.1) is 0 Å². The van der Waals surface area contributed by atoms with Gasteiger partial charge in [-0.05, 0) is 18.2 Å². The highest BCUT2D eigenvalue weighted by atomic mass is 35.5. The van der Waals surface area contributed by atoms with E-state index >= 15 is 0 Å². The number of fused-ring (bicyclic) bond motifs is 1. The molecule has 110 valence electrons. The first kappa shape index (κ1) is 15.0. The van der Waals surface area contributed by atoms with E-state index in [1.165, 1.54) is 16.4 Å². The van der Waals surface area contributed by atoms with Gasteiger partial charge in [0.25, 0.3) is 0 Å². The first-order chi connectivity index (χ1) is 9.07. The molecule has 2 heterocycles. The van der Waals surface area contributed by atoms with E-state index < -0.39 is 10.0 Å². The number of H-pyrrole nitrogens is 2. The van der Waals surface area contributed by atoms with Crippen LogP contribution in [0.15, 0.2) is 27.9 Å². The van der Waals surface area contributed by atoms with Crippen LogP contribution in [-0.2, 0) is 10.0 Å². The molecule has 0 saturated carbocycles. The molecular weight excluding hydrogens is 304 g/mol. The van der Waals surface area contributed by atoms with E-state index in [4.69, 9.17) is 0 Å². The van der Waals surface area contributed by atoms with Gasteiger partial charge in [-0.3, -0.25) is 0 Å². The molecule has 0 radical (unpaired) electrons. The van der Waals surface area contributed by atoms with Crippen molar-refractivity contribution < 1.29 is 8.42 Å². The Labute approximate surface area is 121 Å². The molecule has 3 N–H and O–H groups in total. The minimum absolute atomic E-state index is 0. The first-order valence-electron chi connectivity index (χ1n) is 6.00. The van der Waals surface area contributed by atoms with Crippen molar-refractivity contribution in [3.05, 3.63) is 28.7 Å². The van der Waals surface area contributed by atoms with Crippen molar-refractivity contribution in [2.75, 3.05) is 26.2 Å². The van der Waals surface area contributed by atoms with Crippen LogP contribution in [0.3, 0.4) is 0 Å². The monoisotopic (exact) mass is 318 g/mol. The van der Waals surface area contributed by atoms with Gasteiger partial charge in [-0.15, -0.1) is 12.4 Å². The topological polar surface area (TPSA) is 98.1 Å². The van der Waals surface area contributed by atoms with Crippen LogP contribution in [0.25, 0.3) is 11.0 Å². The maximum Gasteiger partial charge on any atom is 0.323 e. The van der Waals surface area contributed by atoms with Crippen LogP contribution in [-0.4, -0.2) is 48.9 Å². The number of hydrogen-bond donors (Lipinski definition) is 3. The van der Waals surface area contributed by atoms with Gasteiger partial charge in [-0.1, -0.05) is 0 Å². The van der Waals surface area contributed by atoms with E-state index in [0.29, 0.717) is 37.2 Å². The Bertz CT molecular complexity index is 761. The van der Waals surface area contributed by atoms with Crippen LogP contribution >= 0.6 is 12.4 Å². The van der Waals surface area contributed by atoms with Crippen molar-refractivity contribution in [2.24, 2.45) is 0 Å². The third kappa shape index (κ3) is 2.59. The highest BCUT2D eigenvalue weighted by Crippen LogP contribution is 2.19. The van der Waals surface area contributed by atoms with Crippen molar-refractivity contribution in [1.82, 2.24) is 19.6 Å². The van der Waals surface area contributed by atoms with Crippen molar-refractivity contribution in [3.63, 3.8) is 0 Å². The first-order valence-corrected chi connectivity index (χ1v) is 7.44. The number of aromatic amines is 2. The summed E-state index contributed by atoms with van der Waals surface area (Å²) < 4.78 is 26.3. The fourth-order valence-electron chi connectivity index (χ4n) is 2.21. The fourth-order valence-corrected chi connectivity index (χ4v) is 3.67. The average Bonchev–Trinajstić information content (AvgIpc) is 2.78. The van der Waals surface area contributed by atoms with E-state index in [-0.39, 0.29) is 23.0 Å². The molecule has 0 unspecified atom stereocenters. The maximum absolute atomic E-state index is 12.4. The van der Waals surface area contributed by atoms with E-state index in [1.54, 1.807) is 6.07 Å². The summed E-state index contributed by atoms with van der Waals surface area (Å²) in [7, 11) is -3.49. The van der Waals surface area contributed by atoms with Crippen LogP contribution < -0.4 is 11.0 Å². The quantitative estimate of drug-likeness (QED) is 0.718. The number of benzene rings is 1. The molecule has 1 aromatic carbocycles. The standard InChI is InChI=1S/C11H14N4O3S.ClH/c16-11-13-9-2-1-8(7-10(9)14-11)19(17,18)15-5-3-12-4-6-15;/h1-2,7,12H,3-6H2,(H2,13,14,16);1H. The zero-order chi connectivity index (χ0) is 13.5. The zero-order valence-corrected chi connectivity index (χ0v) is 12.2. The summed E-state index contributed by atoms with van der Waals surface area (Å²) >= 11 is 0. The van der Waals surface area contributed by atoms with Crippen molar-refractivity contribution in [1.29, 1.82) is 0 Å². The molecule has 3 rings (SSSR count). The summed E-state index contributed by atoms with van der Waals surface area (Å²) in [6.45, 7) is 2.24. The van der Waals surface area contributed by atoms with E-state index in [9.17, 15) is 13.2 Å². The van der Waals surface area contributed by atoms with Gasteiger partial charge in [0.05, 0.1) is 15.9 Å². The lowest BCUT2D eigenvalue weighted by molar-refractivity contribution is 0.360. The number of nitrogens with zero attached hydrogens (tertiary/aromatic N) is 1. The molecule has 0 bridgehead atoms. The number of piperazine rings is 1. The van der Waals surface area contributed by atoms with Crippen molar-refractivity contribution in [3.8, 4) is 0 Å². The molecule has 20 heavy (non-hydrogen) atoms. The predicted molar refractivity (Wildman–Crippen MR) is 77.8 cm³/mol. The Morgan fingerprint density at radius 3 is 2.40 bits per heavy atom. The highest BCUT2D eigenvalue weighted by Gasteiger charge is 2.26. The lowest BCUT2D eigenvalue weighted by Gasteiger charge is -2.26. The molecule has 1 aliphatic rings. The Hall–Kier alpha value is -1.35. The largest absolute Gasteiger partial charge is 0.323 e. The Morgan fingerprint density at radius 1 is 1.05 bits per heavy atom. The van der Waals surface area contributed by atoms with Gasteiger partial charge >= 0.3 is 5.69 Å². The van der Waals surface area contributed by atoms with E-state index in [0.717, 1.165) is 0 Å². The number of nitrogens with one attached hydrogen (secondary N) is 3. The van der Waals surface area contributed by atoms with Crippen LogP contribution in [0.4, 0.5) is 0 Å². The number of imidazole rings is 1. The van der Waals surface area contributed by atoms with Gasteiger partial charge in [-0.25, -0.2) is 13.2 Å². The van der Waals surface area contributed by atoms with Gasteiger partial charge in [0, 0.05) is 26.2 Å².